The summed E-state index contributed by atoms with van der Waals surface area (Å²) in [5, 5.41) is 15.0. The van der Waals surface area contributed by atoms with E-state index in [2.05, 4.69) is 34.7 Å². The number of carbonyl (C=O) groups excluding carboxylic acids is 1. The molecule has 2 rings (SSSR count). The Morgan fingerprint density at radius 3 is 3.00 bits per heavy atom. The second-order valence-electron chi connectivity index (χ2n) is 5.11. The van der Waals surface area contributed by atoms with Crippen molar-refractivity contribution >= 4 is 23.4 Å². The largest absolute Gasteiger partial charge is 0.497 e. The van der Waals surface area contributed by atoms with Gasteiger partial charge >= 0.3 is 0 Å². The van der Waals surface area contributed by atoms with E-state index in [4.69, 9.17) is 4.74 Å². The van der Waals surface area contributed by atoms with Crippen molar-refractivity contribution in [2.24, 2.45) is 5.92 Å². The standard InChI is InChI=1S/C14H19N5O2S/c1-10(2)8-19-14(16-17-18-19)22-9-13(20)15-11-5-4-6-12(7-11)21-3/h4-7,10H,8-9H2,1-3H3,(H,15,20). The Kier molecular flexibility index (Phi) is 5.76. The van der Waals surface area contributed by atoms with Gasteiger partial charge in [0.2, 0.25) is 11.1 Å². The SMILES string of the molecule is COc1cccc(NC(=O)CSc2nnnn2CC(C)C)c1. The van der Waals surface area contributed by atoms with Gasteiger partial charge in [0, 0.05) is 18.3 Å². The highest BCUT2D eigenvalue weighted by Crippen LogP contribution is 2.18. The van der Waals surface area contributed by atoms with Crippen molar-refractivity contribution in [2.75, 3.05) is 18.2 Å². The number of aromatic nitrogens is 4. The fourth-order valence-electron chi connectivity index (χ4n) is 1.79. The predicted molar refractivity (Wildman–Crippen MR) is 85.0 cm³/mol. The van der Waals surface area contributed by atoms with Crippen LogP contribution in [-0.4, -0.2) is 39.0 Å². The van der Waals surface area contributed by atoms with Gasteiger partial charge in [-0.2, -0.15) is 0 Å². The van der Waals surface area contributed by atoms with E-state index in [1.54, 1.807) is 17.9 Å². The number of ether oxygens (including phenoxy) is 1. The van der Waals surface area contributed by atoms with Crippen molar-refractivity contribution in [1.29, 1.82) is 0 Å². The number of methoxy groups -OCH3 is 1. The minimum Gasteiger partial charge on any atom is -0.497 e. The van der Waals surface area contributed by atoms with Crippen molar-refractivity contribution in [3.63, 3.8) is 0 Å². The van der Waals surface area contributed by atoms with Crippen LogP contribution in [0.2, 0.25) is 0 Å². The molecule has 1 amide bonds. The summed E-state index contributed by atoms with van der Waals surface area (Å²) in [5.41, 5.74) is 0.701. The Labute approximate surface area is 133 Å². The van der Waals surface area contributed by atoms with Gasteiger partial charge in [-0.3, -0.25) is 4.79 Å². The lowest BCUT2D eigenvalue weighted by atomic mass is 10.2. The summed E-state index contributed by atoms with van der Waals surface area (Å²) in [5.74, 6) is 1.27. The van der Waals surface area contributed by atoms with Gasteiger partial charge in [-0.15, -0.1) is 5.10 Å². The molecule has 0 spiro atoms. The first-order chi connectivity index (χ1) is 10.6. The summed E-state index contributed by atoms with van der Waals surface area (Å²) in [4.78, 5) is 12.0. The molecule has 2 aromatic rings. The molecule has 0 aliphatic rings. The molecule has 0 saturated carbocycles. The van der Waals surface area contributed by atoms with Crippen LogP contribution in [0, 0.1) is 5.92 Å². The molecular weight excluding hydrogens is 302 g/mol. The average molecular weight is 321 g/mol. The average Bonchev–Trinajstić information content (AvgIpc) is 2.91. The lowest BCUT2D eigenvalue weighted by Gasteiger charge is -2.08. The Morgan fingerprint density at radius 1 is 1.45 bits per heavy atom. The quantitative estimate of drug-likeness (QED) is 0.786. The van der Waals surface area contributed by atoms with Crippen molar-refractivity contribution in [3.8, 4) is 5.75 Å². The third-order valence-electron chi connectivity index (χ3n) is 2.72. The predicted octanol–water partition coefficient (Wildman–Crippen LogP) is 2.07. The van der Waals surface area contributed by atoms with Crippen LogP contribution in [0.4, 0.5) is 5.69 Å². The van der Waals surface area contributed by atoms with E-state index >= 15 is 0 Å². The zero-order chi connectivity index (χ0) is 15.9. The van der Waals surface area contributed by atoms with E-state index < -0.39 is 0 Å². The van der Waals surface area contributed by atoms with Crippen LogP contribution in [-0.2, 0) is 11.3 Å². The van der Waals surface area contributed by atoms with Gasteiger partial charge in [0.15, 0.2) is 0 Å². The lowest BCUT2D eigenvalue weighted by molar-refractivity contribution is -0.113. The molecule has 0 aliphatic carbocycles. The highest BCUT2D eigenvalue weighted by Gasteiger charge is 2.11. The van der Waals surface area contributed by atoms with Crippen LogP contribution in [0.1, 0.15) is 13.8 Å². The second-order valence-corrected chi connectivity index (χ2v) is 6.05. The van der Waals surface area contributed by atoms with Gasteiger partial charge in [-0.1, -0.05) is 31.7 Å². The number of nitrogens with zero attached hydrogens (tertiary/aromatic N) is 4. The third-order valence-corrected chi connectivity index (χ3v) is 3.68. The van der Waals surface area contributed by atoms with E-state index in [0.717, 1.165) is 6.54 Å². The van der Waals surface area contributed by atoms with Crippen molar-refractivity contribution in [2.45, 2.75) is 25.5 Å². The van der Waals surface area contributed by atoms with Gasteiger partial charge in [-0.25, -0.2) is 4.68 Å². The molecule has 8 heteroatoms. The monoisotopic (exact) mass is 321 g/mol. The fraction of sp³-hybridized carbons (Fsp3) is 0.429. The van der Waals surface area contributed by atoms with Crippen LogP contribution >= 0.6 is 11.8 Å². The molecule has 1 N–H and O–H groups in total. The zero-order valence-electron chi connectivity index (χ0n) is 12.8. The molecule has 7 nitrogen and oxygen atoms in total. The first-order valence-corrected chi connectivity index (χ1v) is 7.90. The normalized spacial score (nSPS) is 10.7. The number of hydrogen-bond donors (Lipinski definition) is 1. The number of amides is 1. The number of thioether (sulfide) groups is 1. The summed E-state index contributed by atoms with van der Waals surface area (Å²) in [7, 11) is 1.59. The van der Waals surface area contributed by atoms with Crippen LogP contribution in [0.5, 0.6) is 5.75 Å². The minimum absolute atomic E-state index is 0.114. The van der Waals surface area contributed by atoms with Crippen LogP contribution < -0.4 is 10.1 Å². The Bertz CT molecular complexity index is 629. The van der Waals surface area contributed by atoms with Crippen molar-refractivity contribution in [3.05, 3.63) is 24.3 Å². The van der Waals surface area contributed by atoms with Gasteiger partial charge in [0.1, 0.15) is 5.75 Å². The van der Waals surface area contributed by atoms with Crippen LogP contribution in [0.25, 0.3) is 0 Å². The van der Waals surface area contributed by atoms with E-state index in [1.807, 2.05) is 18.2 Å². The summed E-state index contributed by atoms with van der Waals surface area (Å²) in [6.45, 7) is 4.91. The molecule has 0 bridgehead atoms. The Hall–Kier alpha value is -2.09. The molecule has 0 radical (unpaired) electrons. The van der Waals surface area contributed by atoms with E-state index in [9.17, 15) is 4.79 Å². The molecule has 0 aliphatic heterocycles. The molecule has 0 atom stereocenters. The highest BCUT2D eigenvalue weighted by molar-refractivity contribution is 7.99. The number of carbonyl (C=O) groups is 1. The maximum Gasteiger partial charge on any atom is 0.234 e. The van der Waals surface area contributed by atoms with E-state index in [0.29, 0.717) is 22.5 Å². The number of nitrogens with one attached hydrogen (secondary N) is 1. The molecule has 1 aromatic heterocycles. The summed E-state index contributed by atoms with van der Waals surface area (Å²) >= 11 is 1.32. The number of hydrogen-bond acceptors (Lipinski definition) is 6. The first-order valence-electron chi connectivity index (χ1n) is 6.91. The molecular formula is C14H19N5O2S. The van der Waals surface area contributed by atoms with Gasteiger partial charge in [0.25, 0.3) is 0 Å². The number of tetrazole rings is 1. The highest BCUT2D eigenvalue weighted by atomic mass is 32.2. The summed E-state index contributed by atoms with van der Waals surface area (Å²) in [6.07, 6.45) is 0. The lowest BCUT2D eigenvalue weighted by Crippen LogP contribution is -2.15. The number of rotatable bonds is 7. The van der Waals surface area contributed by atoms with Gasteiger partial charge in [0.05, 0.1) is 12.9 Å². The molecule has 0 saturated heterocycles. The first kappa shape index (κ1) is 16.3. The van der Waals surface area contributed by atoms with E-state index in [1.165, 1.54) is 11.8 Å². The van der Waals surface area contributed by atoms with E-state index in [-0.39, 0.29) is 11.7 Å². The smallest absolute Gasteiger partial charge is 0.234 e. The van der Waals surface area contributed by atoms with Gasteiger partial charge in [-0.05, 0) is 28.5 Å². The maximum absolute atomic E-state index is 12.0. The number of anilines is 1. The third kappa shape index (κ3) is 4.73. The number of benzene rings is 1. The molecule has 22 heavy (non-hydrogen) atoms. The maximum atomic E-state index is 12.0. The zero-order valence-corrected chi connectivity index (χ0v) is 13.6. The van der Waals surface area contributed by atoms with Crippen molar-refractivity contribution in [1.82, 2.24) is 20.2 Å². The van der Waals surface area contributed by atoms with Gasteiger partial charge < -0.3 is 10.1 Å². The Morgan fingerprint density at radius 2 is 2.27 bits per heavy atom. The van der Waals surface area contributed by atoms with Crippen LogP contribution in [0.3, 0.4) is 0 Å². The second kappa shape index (κ2) is 7.79. The summed E-state index contributed by atoms with van der Waals surface area (Å²) < 4.78 is 6.84. The topological polar surface area (TPSA) is 81.9 Å². The molecule has 1 heterocycles. The Balaban J connectivity index is 1.89. The molecule has 0 unspecified atom stereocenters. The molecule has 118 valence electrons. The molecule has 1 aromatic carbocycles. The fourth-order valence-corrected chi connectivity index (χ4v) is 2.47. The summed E-state index contributed by atoms with van der Waals surface area (Å²) in [6, 6.07) is 7.23. The molecule has 0 fully saturated rings. The van der Waals surface area contributed by atoms with Crippen LogP contribution in [0.15, 0.2) is 29.4 Å². The van der Waals surface area contributed by atoms with Crippen molar-refractivity contribution < 1.29 is 9.53 Å². The minimum atomic E-state index is -0.114.